The smallest absolute Gasteiger partial charge is 0.341 e. The van der Waals surface area contributed by atoms with Gasteiger partial charge in [0.25, 0.3) is 0 Å². The Morgan fingerprint density at radius 2 is 1.83 bits per heavy atom. The summed E-state index contributed by atoms with van der Waals surface area (Å²) in [7, 11) is 0. The summed E-state index contributed by atoms with van der Waals surface area (Å²) in [5.74, 6) is -5.69. The highest BCUT2D eigenvalue weighted by molar-refractivity contribution is 6.61. The number of esters is 1. The van der Waals surface area contributed by atoms with Crippen LogP contribution in [0.25, 0.3) is 5.57 Å². The zero-order valence-corrected chi connectivity index (χ0v) is 10.6. The van der Waals surface area contributed by atoms with Gasteiger partial charge >= 0.3 is 5.97 Å². The lowest BCUT2D eigenvalue weighted by atomic mass is 10.1. The molecule has 0 spiro atoms. The van der Waals surface area contributed by atoms with Crippen LogP contribution in [0.3, 0.4) is 0 Å². The summed E-state index contributed by atoms with van der Waals surface area (Å²) in [6, 6.07) is 1.51. The van der Waals surface area contributed by atoms with Gasteiger partial charge in [-0.05, 0) is 19.1 Å². The van der Waals surface area contributed by atoms with Crippen LogP contribution in [0.15, 0.2) is 16.6 Å². The number of hydrogen-bond donors (Lipinski definition) is 0. The zero-order chi connectivity index (χ0) is 13.9. The Labute approximate surface area is 111 Å². The molecule has 0 fully saturated rings. The largest absolute Gasteiger partial charge is 0.462 e. The molecule has 18 heavy (non-hydrogen) atoms. The Bertz CT molecular complexity index is 511. The van der Waals surface area contributed by atoms with E-state index in [1.807, 2.05) is 0 Å². The molecule has 0 saturated carbocycles. The standard InChI is InChI=1S/C11H7Cl2F3O2/c1-2-18-11(17)7(10(12)13)5-3-4-6(14)9(16)8(5)15/h3-4H,2H2,1H3. The van der Waals surface area contributed by atoms with Crippen molar-refractivity contribution in [1.29, 1.82) is 0 Å². The SMILES string of the molecule is CCOC(=O)C(=C(Cl)Cl)c1ccc(F)c(F)c1F. The van der Waals surface area contributed by atoms with E-state index in [9.17, 15) is 18.0 Å². The molecule has 0 aliphatic rings. The summed E-state index contributed by atoms with van der Waals surface area (Å²) in [5, 5.41) is 0. The van der Waals surface area contributed by atoms with Gasteiger partial charge < -0.3 is 4.74 Å². The first-order valence-corrected chi connectivity index (χ1v) is 5.52. The molecule has 0 heterocycles. The predicted molar refractivity (Wildman–Crippen MR) is 61.6 cm³/mol. The summed E-state index contributed by atoms with van der Waals surface area (Å²) >= 11 is 10.9. The van der Waals surface area contributed by atoms with Crippen LogP contribution in [0, 0.1) is 17.5 Å². The van der Waals surface area contributed by atoms with Gasteiger partial charge in [-0.2, -0.15) is 0 Å². The van der Waals surface area contributed by atoms with Crippen molar-refractivity contribution in [2.24, 2.45) is 0 Å². The van der Waals surface area contributed by atoms with E-state index >= 15 is 0 Å². The predicted octanol–water partition coefficient (Wildman–Crippen LogP) is 3.81. The average Bonchev–Trinajstić information content (AvgIpc) is 2.29. The van der Waals surface area contributed by atoms with Crippen LogP contribution >= 0.6 is 23.2 Å². The molecule has 1 aromatic rings. The van der Waals surface area contributed by atoms with Crippen molar-refractivity contribution >= 4 is 34.7 Å². The van der Waals surface area contributed by atoms with Crippen molar-refractivity contribution in [2.75, 3.05) is 6.61 Å². The van der Waals surface area contributed by atoms with Crippen LogP contribution in [-0.4, -0.2) is 12.6 Å². The maximum Gasteiger partial charge on any atom is 0.341 e. The van der Waals surface area contributed by atoms with E-state index in [1.54, 1.807) is 0 Å². The Morgan fingerprint density at radius 1 is 1.22 bits per heavy atom. The second-order valence-electron chi connectivity index (χ2n) is 3.08. The van der Waals surface area contributed by atoms with Gasteiger partial charge in [0.15, 0.2) is 17.5 Å². The third-order valence-corrected chi connectivity index (χ3v) is 2.35. The number of carbonyl (C=O) groups excluding carboxylic acids is 1. The highest BCUT2D eigenvalue weighted by Crippen LogP contribution is 2.29. The van der Waals surface area contributed by atoms with E-state index in [-0.39, 0.29) is 6.61 Å². The minimum Gasteiger partial charge on any atom is -0.462 e. The molecule has 0 N–H and O–H groups in total. The van der Waals surface area contributed by atoms with Gasteiger partial charge in [-0.15, -0.1) is 0 Å². The van der Waals surface area contributed by atoms with Crippen LogP contribution in [0.2, 0.25) is 0 Å². The van der Waals surface area contributed by atoms with Crippen molar-refractivity contribution in [3.63, 3.8) is 0 Å². The highest BCUT2D eigenvalue weighted by Gasteiger charge is 2.24. The second kappa shape index (κ2) is 6.11. The average molecular weight is 299 g/mol. The molecule has 0 amide bonds. The Morgan fingerprint density at radius 3 is 2.33 bits per heavy atom. The van der Waals surface area contributed by atoms with E-state index in [4.69, 9.17) is 23.2 Å². The summed E-state index contributed by atoms with van der Waals surface area (Å²) < 4.78 is 43.3. The molecule has 0 aliphatic heterocycles. The molecule has 0 atom stereocenters. The van der Waals surface area contributed by atoms with Crippen LogP contribution in [0.1, 0.15) is 12.5 Å². The molecular formula is C11H7Cl2F3O2. The Kier molecular flexibility index (Phi) is 5.04. The Balaban J connectivity index is 3.38. The molecule has 0 bridgehead atoms. The van der Waals surface area contributed by atoms with Gasteiger partial charge in [-0.1, -0.05) is 23.2 Å². The lowest BCUT2D eigenvalue weighted by Gasteiger charge is -2.09. The summed E-state index contributed by atoms with van der Waals surface area (Å²) in [6.07, 6.45) is 0. The molecule has 0 radical (unpaired) electrons. The molecule has 1 rings (SSSR count). The normalized spacial score (nSPS) is 10.1. The molecule has 0 aliphatic carbocycles. The molecule has 0 saturated heterocycles. The van der Waals surface area contributed by atoms with Crippen molar-refractivity contribution in [1.82, 2.24) is 0 Å². The topological polar surface area (TPSA) is 26.3 Å². The third-order valence-electron chi connectivity index (χ3n) is 1.97. The molecular weight excluding hydrogens is 292 g/mol. The van der Waals surface area contributed by atoms with Gasteiger partial charge in [0.2, 0.25) is 0 Å². The molecule has 98 valence electrons. The van der Waals surface area contributed by atoms with Crippen molar-refractivity contribution in [2.45, 2.75) is 6.92 Å². The van der Waals surface area contributed by atoms with Crippen LogP contribution < -0.4 is 0 Å². The molecule has 0 aromatic heterocycles. The van der Waals surface area contributed by atoms with E-state index < -0.39 is 39.0 Å². The molecule has 1 aromatic carbocycles. The van der Waals surface area contributed by atoms with Gasteiger partial charge in [-0.3, -0.25) is 0 Å². The number of rotatable bonds is 3. The first-order chi connectivity index (χ1) is 8.40. The van der Waals surface area contributed by atoms with E-state index in [0.717, 1.165) is 6.07 Å². The first kappa shape index (κ1) is 14.9. The fourth-order valence-electron chi connectivity index (χ4n) is 1.21. The first-order valence-electron chi connectivity index (χ1n) is 4.76. The second-order valence-corrected chi connectivity index (χ2v) is 4.03. The minimum atomic E-state index is -1.72. The summed E-state index contributed by atoms with van der Waals surface area (Å²) in [4.78, 5) is 11.5. The number of halogens is 5. The quantitative estimate of drug-likeness (QED) is 0.482. The summed E-state index contributed by atoms with van der Waals surface area (Å²) in [5.41, 5.74) is -1.12. The maximum atomic E-state index is 13.5. The van der Waals surface area contributed by atoms with Crippen LogP contribution in [-0.2, 0) is 9.53 Å². The van der Waals surface area contributed by atoms with E-state index in [2.05, 4.69) is 4.74 Å². The maximum absolute atomic E-state index is 13.5. The van der Waals surface area contributed by atoms with Gasteiger partial charge in [0.1, 0.15) is 10.1 Å². The van der Waals surface area contributed by atoms with Crippen LogP contribution in [0.4, 0.5) is 13.2 Å². The lowest BCUT2D eigenvalue weighted by Crippen LogP contribution is -2.10. The van der Waals surface area contributed by atoms with Gasteiger partial charge in [-0.25, -0.2) is 18.0 Å². The Hall–Kier alpha value is -1.20. The van der Waals surface area contributed by atoms with E-state index in [1.165, 1.54) is 6.92 Å². The van der Waals surface area contributed by atoms with Crippen molar-refractivity contribution in [3.8, 4) is 0 Å². The van der Waals surface area contributed by atoms with Crippen LogP contribution in [0.5, 0.6) is 0 Å². The zero-order valence-electron chi connectivity index (χ0n) is 9.07. The lowest BCUT2D eigenvalue weighted by molar-refractivity contribution is -0.136. The third kappa shape index (κ3) is 2.97. The molecule has 7 heteroatoms. The minimum absolute atomic E-state index is 0.00527. The fourth-order valence-corrected chi connectivity index (χ4v) is 1.57. The van der Waals surface area contributed by atoms with Gasteiger partial charge in [0, 0.05) is 5.56 Å². The number of ether oxygens (including phenoxy) is 1. The number of benzene rings is 1. The summed E-state index contributed by atoms with van der Waals surface area (Å²) in [6.45, 7) is 1.51. The number of hydrogen-bond acceptors (Lipinski definition) is 2. The van der Waals surface area contributed by atoms with Crippen molar-refractivity contribution < 1.29 is 22.7 Å². The monoisotopic (exact) mass is 298 g/mol. The molecule has 2 nitrogen and oxygen atoms in total. The number of carbonyl (C=O) groups is 1. The highest BCUT2D eigenvalue weighted by atomic mass is 35.5. The van der Waals surface area contributed by atoms with Crippen molar-refractivity contribution in [3.05, 3.63) is 39.6 Å². The molecule has 0 unspecified atom stereocenters. The fraction of sp³-hybridized carbons (Fsp3) is 0.182. The van der Waals surface area contributed by atoms with E-state index in [0.29, 0.717) is 6.07 Å². The van der Waals surface area contributed by atoms with Gasteiger partial charge in [0.05, 0.1) is 6.61 Å².